The summed E-state index contributed by atoms with van der Waals surface area (Å²) in [5.41, 5.74) is -0.00395. The highest BCUT2D eigenvalue weighted by atomic mass is 79.9. The van der Waals surface area contributed by atoms with Crippen LogP contribution in [-0.4, -0.2) is 30.8 Å². The molecule has 0 fully saturated rings. The van der Waals surface area contributed by atoms with E-state index in [1.165, 1.54) is 10.7 Å². The largest absolute Gasteiger partial charge is 0.492 e. The summed E-state index contributed by atoms with van der Waals surface area (Å²) in [6.07, 6.45) is 1.08. The van der Waals surface area contributed by atoms with Gasteiger partial charge in [0.25, 0.3) is 4.73 Å². The number of carboxylic acids is 1. The van der Waals surface area contributed by atoms with Crippen LogP contribution in [0.1, 0.15) is 16.1 Å². The van der Waals surface area contributed by atoms with Crippen molar-refractivity contribution in [3.05, 3.63) is 38.5 Å². The molecule has 0 unspecified atom stereocenters. The van der Waals surface area contributed by atoms with Gasteiger partial charge in [0.2, 0.25) is 0 Å². The Kier molecular flexibility index (Phi) is 3.10. The first kappa shape index (κ1) is 12.2. The molecule has 10 heteroatoms. The molecule has 0 aromatic carbocycles. The molecule has 0 aliphatic carbocycles. The first-order valence-corrected chi connectivity index (χ1v) is 5.32. The van der Waals surface area contributed by atoms with E-state index in [9.17, 15) is 14.9 Å². The number of nitrogens with zero attached hydrogens (tertiary/aromatic N) is 4. The molecule has 94 valence electrons. The van der Waals surface area contributed by atoms with E-state index in [0.29, 0.717) is 5.76 Å². The summed E-state index contributed by atoms with van der Waals surface area (Å²) in [7, 11) is 0. The van der Waals surface area contributed by atoms with Gasteiger partial charge in [-0.2, -0.15) is 4.68 Å². The molecular weight excluding hydrogens is 312 g/mol. The molecular formula is C8H5BrN4O5. The topological polar surface area (TPSA) is 124 Å². The molecule has 0 saturated heterocycles. The number of halogens is 1. The van der Waals surface area contributed by atoms with Gasteiger partial charge in [0.05, 0.1) is 5.56 Å². The molecule has 0 bridgehead atoms. The number of aromatic nitrogens is 3. The van der Waals surface area contributed by atoms with Crippen LogP contribution in [0.5, 0.6) is 0 Å². The van der Waals surface area contributed by atoms with Crippen LogP contribution in [0.15, 0.2) is 21.5 Å². The molecule has 0 atom stereocenters. The Bertz CT molecular complexity index is 619. The molecule has 2 heterocycles. The third-order valence-electron chi connectivity index (χ3n) is 1.99. The quantitative estimate of drug-likeness (QED) is 0.665. The minimum absolute atomic E-state index is 0.00395. The second-order valence-electron chi connectivity index (χ2n) is 3.20. The Balaban J connectivity index is 2.22. The lowest BCUT2D eigenvalue weighted by atomic mass is 10.3. The Morgan fingerprint density at radius 3 is 2.89 bits per heavy atom. The van der Waals surface area contributed by atoms with Gasteiger partial charge in [-0.25, -0.2) is 4.79 Å². The van der Waals surface area contributed by atoms with Crippen LogP contribution in [0.25, 0.3) is 0 Å². The van der Waals surface area contributed by atoms with E-state index in [0.717, 1.165) is 6.26 Å². The molecule has 2 aromatic rings. The standard InChI is InChI=1S/C8H5BrN4O5/c9-7-10-8(13(16)17)11-12(7)2-5-1-4(3-18-5)6(14)15/h1,3H,2H2,(H,14,15). The van der Waals surface area contributed by atoms with Crippen molar-refractivity contribution in [1.29, 1.82) is 0 Å². The highest BCUT2D eigenvalue weighted by Gasteiger charge is 2.20. The number of hydrogen-bond donors (Lipinski definition) is 1. The van der Waals surface area contributed by atoms with Gasteiger partial charge in [0, 0.05) is 21.0 Å². The molecule has 0 aliphatic heterocycles. The summed E-state index contributed by atoms with van der Waals surface area (Å²) in [4.78, 5) is 23.9. The molecule has 0 spiro atoms. The van der Waals surface area contributed by atoms with E-state index in [2.05, 4.69) is 26.0 Å². The normalized spacial score (nSPS) is 10.5. The molecule has 2 rings (SSSR count). The molecule has 9 nitrogen and oxygen atoms in total. The van der Waals surface area contributed by atoms with Gasteiger partial charge >= 0.3 is 11.9 Å². The van der Waals surface area contributed by atoms with Gasteiger partial charge < -0.3 is 19.6 Å². The van der Waals surface area contributed by atoms with Gasteiger partial charge in [-0.3, -0.25) is 0 Å². The highest BCUT2D eigenvalue weighted by molar-refractivity contribution is 9.10. The number of furan rings is 1. The second-order valence-corrected chi connectivity index (χ2v) is 3.91. The summed E-state index contributed by atoms with van der Waals surface area (Å²) in [6, 6.07) is 1.31. The summed E-state index contributed by atoms with van der Waals surface area (Å²) >= 11 is 3.01. The summed E-state index contributed by atoms with van der Waals surface area (Å²) < 4.78 is 6.33. The first-order chi connectivity index (χ1) is 8.47. The Hall–Kier alpha value is -2.23. The van der Waals surface area contributed by atoms with Crippen LogP contribution in [0, 0.1) is 10.1 Å². The third-order valence-corrected chi connectivity index (χ3v) is 2.57. The van der Waals surface area contributed by atoms with Crippen LogP contribution < -0.4 is 0 Å². The van der Waals surface area contributed by atoms with Crippen molar-refractivity contribution < 1.29 is 19.2 Å². The SMILES string of the molecule is O=C(O)c1coc(Cn2nc([N+](=O)[O-])nc2Br)c1. The van der Waals surface area contributed by atoms with Crippen molar-refractivity contribution >= 4 is 27.8 Å². The van der Waals surface area contributed by atoms with Gasteiger partial charge in [-0.15, -0.1) is 0 Å². The van der Waals surface area contributed by atoms with Crippen molar-refractivity contribution in [2.24, 2.45) is 0 Å². The van der Waals surface area contributed by atoms with Crippen molar-refractivity contribution in [3.63, 3.8) is 0 Å². The minimum atomic E-state index is -1.12. The maximum absolute atomic E-state index is 10.6. The number of rotatable bonds is 4. The molecule has 0 aliphatic rings. The molecule has 2 aromatic heterocycles. The predicted octanol–water partition coefficient (Wildman–Crippen LogP) is 1.29. The van der Waals surface area contributed by atoms with Gasteiger partial charge in [0.1, 0.15) is 18.6 Å². The van der Waals surface area contributed by atoms with E-state index < -0.39 is 16.8 Å². The van der Waals surface area contributed by atoms with Crippen LogP contribution in [0.3, 0.4) is 0 Å². The average Bonchev–Trinajstić information content (AvgIpc) is 2.87. The van der Waals surface area contributed by atoms with Crippen LogP contribution in [0.2, 0.25) is 0 Å². The predicted molar refractivity (Wildman–Crippen MR) is 59.1 cm³/mol. The van der Waals surface area contributed by atoms with Crippen molar-refractivity contribution in [1.82, 2.24) is 14.8 Å². The summed E-state index contributed by atoms with van der Waals surface area (Å²) in [5, 5.41) is 22.8. The summed E-state index contributed by atoms with van der Waals surface area (Å²) in [6.45, 7) is 0.0364. The van der Waals surface area contributed by atoms with Crippen LogP contribution >= 0.6 is 15.9 Å². The zero-order valence-electron chi connectivity index (χ0n) is 8.61. The Morgan fingerprint density at radius 2 is 2.39 bits per heavy atom. The fraction of sp³-hybridized carbons (Fsp3) is 0.125. The van der Waals surface area contributed by atoms with Gasteiger partial charge in [-0.1, -0.05) is 0 Å². The third kappa shape index (κ3) is 2.37. The zero-order chi connectivity index (χ0) is 13.3. The first-order valence-electron chi connectivity index (χ1n) is 4.53. The molecule has 1 N–H and O–H groups in total. The fourth-order valence-corrected chi connectivity index (χ4v) is 1.58. The Morgan fingerprint density at radius 1 is 1.67 bits per heavy atom. The second kappa shape index (κ2) is 4.56. The number of carbonyl (C=O) groups is 1. The van der Waals surface area contributed by atoms with E-state index >= 15 is 0 Å². The maximum atomic E-state index is 10.6. The highest BCUT2D eigenvalue weighted by Crippen LogP contribution is 2.15. The Labute approximate surface area is 107 Å². The van der Waals surface area contributed by atoms with E-state index in [4.69, 9.17) is 9.52 Å². The van der Waals surface area contributed by atoms with Crippen molar-refractivity contribution in [2.75, 3.05) is 0 Å². The maximum Gasteiger partial charge on any atom is 0.492 e. The average molecular weight is 317 g/mol. The monoisotopic (exact) mass is 316 g/mol. The smallest absolute Gasteiger partial charge is 0.478 e. The molecule has 0 amide bonds. The summed E-state index contributed by atoms with van der Waals surface area (Å²) in [5.74, 6) is -1.37. The number of hydrogen-bond acceptors (Lipinski definition) is 6. The van der Waals surface area contributed by atoms with E-state index in [1.54, 1.807) is 0 Å². The fourth-order valence-electron chi connectivity index (χ4n) is 1.21. The lowest BCUT2D eigenvalue weighted by Crippen LogP contribution is -2.02. The van der Waals surface area contributed by atoms with Crippen LogP contribution in [-0.2, 0) is 6.54 Å². The van der Waals surface area contributed by atoms with Crippen molar-refractivity contribution in [2.45, 2.75) is 6.54 Å². The van der Waals surface area contributed by atoms with Crippen LogP contribution in [0.4, 0.5) is 5.95 Å². The molecule has 0 saturated carbocycles. The van der Waals surface area contributed by atoms with Gasteiger partial charge in [0.15, 0.2) is 0 Å². The van der Waals surface area contributed by atoms with Crippen molar-refractivity contribution in [3.8, 4) is 0 Å². The molecule has 0 radical (unpaired) electrons. The van der Waals surface area contributed by atoms with Gasteiger partial charge in [-0.05, 0) is 16.0 Å². The lowest BCUT2D eigenvalue weighted by molar-refractivity contribution is -0.394. The number of nitro groups is 1. The minimum Gasteiger partial charge on any atom is -0.478 e. The zero-order valence-corrected chi connectivity index (χ0v) is 10.2. The lowest BCUT2D eigenvalue weighted by Gasteiger charge is -1.92. The number of aromatic carboxylic acids is 1. The van der Waals surface area contributed by atoms with E-state index in [-0.39, 0.29) is 16.8 Å². The van der Waals surface area contributed by atoms with E-state index in [1.807, 2.05) is 0 Å². The number of carboxylic acid groups (broad SMARTS) is 1. The molecule has 18 heavy (non-hydrogen) atoms.